The number of aryl methyl sites for hydroxylation is 1. The van der Waals surface area contributed by atoms with Crippen LogP contribution in [0.4, 0.5) is 0 Å². The van der Waals surface area contributed by atoms with Gasteiger partial charge in [0.1, 0.15) is 5.69 Å². The molecule has 0 atom stereocenters. The van der Waals surface area contributed by atoms with E-state index in [1.807, 2.05) is 30.3 Å². The number of nitrogens with zero attached hydrogens (tertiary/aromatic N) is 2. The van der Waals surface area contributed by atoms with Crippen LogP contribution in [-0.4, -0.2) is 15.3 Å². The van der Waals surface area contributed by atoms with Crippen molar-refractivity contribution in [1.82, 2.24) is 9.55 Å². The Morgan fingerprint density at radius 2 is 1.91 bits per heavy atom. The minimum atomic E-state index is -0.451. The van der Waals surface area contributed by atoms with E-state index >= 15 is 0 Å². The molecule has 0 spiro atoms. The Morgan fingerprint density at radius 3 is 2.78 bits per heavy atom. The maximum atomic E-state index is 12.6. The van der Waals surface area contributed by atoms with Gasteiger partial charge in [0.2, 0.25) is 5.78 Å². The second-order valence-electron chi connectivity index (χ2n) is 5.33. The van der Waals surface area contributed by atoms with Gasteiger partial charge in [-0.2, -0.15) is 0 Å². The number of rotatable bonds is 2. The predicted molar refractivity (Wildman–Crippen MR) is 86.6 cm³/mol. The highest BCUT2D eigenvalue weighted by Crippen LogP contribution is 2.18. The molecule has 5 heteroatoms. The Hall–Kier alpha value is -3.21. The third-order valence-corrected chi connectivity index (χ3v) is 3.89. The fraction of sp³-hybridized carbons (Fsp3) is 0.0556. The zero-order valence-corrected chi connectivity index (χ0v) is 12.3. The number of benzene rings is 2. The van der Waals surface area contributed by atoms with E-state index in [1.54, 1.807) is 31.3 Å². The molecule has 4 aromatic rings. The summed E-state index contributed by atoms with van der Waals surface area (Å²) in [5.41, 5.74) is 2.61. The van der Waals surface area contributed by atoms with Crippen molar-refractivity contribution in [1.29, 1.82) is 0 Å². The molecule has 0 amide bonds. The first kappa shape index (κ1) is 13.5. The second-order valence-corrected chi connectivity index (χ2v) is 5.33. The molecular weight excluding hydrogens is 292 g/mol. The minimum absolute atomic E-state index is 0.204. The van der Waals surface area contributed by atoms with Crippen LogP contribution in [0.5, 0.6) is 0 Å². The first-order chi connectivity index (χ1) is 11.1. The highest BCUT2D eigenvalue weighted by Gasteiger charge is 2.14. The Balaban J connectivity index is 1.82. The van der Waals surface area contributed by atoms with Crippen molar-refractivity contribution < 1.29 is 9.21 Å². The molecule has 5 nitrogen and oxygen atoms in total. The number of hydrogen-bond donors (Lipinski definition) is 0. The van der Waals surface area contributed by atoms with Gasteiger partial charge in [-0.15, -0.1) is 0 Å². The molecule has 0 bridgehead atoms. The van der Waals surface area contributed by atoms with Crippen molar-refractivity contribution >= 4 is 27.8 Å². The van der Waals surface area contributed by atoms with Gasteiger partial charge in [0, 0.05) is 18.0 Å². The van der Waals surface area contributed by atoms with E-state index < -0.39 is 5.76 Å². The van der Waals surface area contributed by atoms with E-state index in [1.165, 1.54) is 4.57 Å². The summed E-state index contributed by atoms with van der Waals surface area (Å²) in [4.78, 5) is 28.6. The SMILES string of the molecule is Cn1c(=O)oc2cc(C(=O)c3ccc4ccccc4n3)ccc21. The number of hydrogen-bond acceptors (Lipinski definition) is 4. The molecule has 0 aliphatic carbocycles. The number of carbonyl (C=O) groups excluding carboxylic acids is 1. The Morgan fingerprint density at radius 1 is 1.09 bits per heavy atom. The van der Waals surface area contributed by atoms with E-state index in [9.17, 15) is 9.59 Å². The average Bonchev–Trinajstić information content (AvgIpc) is 2.87. The second kappa shape index (κ2) is 4.91. The number of fused-ring (bicyclic) bond motifs is 2. The molecule has 0 radical (unpaired) electrons. The van der Waals surface area contributed by atoms with Crippen LogP contribution in [0.25, 0.3) is 22.0 Å². The fourth-order valence-corrected chi connectivity index (χ4v) is 2.62. The molecule has 112 valence electrons. The average molecular weight is 304 g/mol. The van der Waals surface area contributed by atoms with E-state index in [4.69, 9.17) is 4.42 Å². The molecular formula is C18H12N2O3. The van der Waals surface area contributed by atoms with Crippen molar-refractivity contribution in [2.24, 2.45) is 7.05 Å². The molecule has 0 unspecified atom stereocenters. The minimum Gasteiger partial charge on any atom is -0.408 e. The summed E-state index contributed by atoms with van der Waals surface area (Å²) in [6.45, 7) is 0. The maximum Gasteiger partial charge on any atom is 0.419 e. The summed E-state index contributed by atoms with van der Waals surface area (Å²) < 4.78 is 6.53. The first-order valence-corrected chi connectivity index (χ1v) is 7.13. The summed E-state index contributed by atoms with van der Waals surface area (Å²) >= 11 is 0. The maximum absolute atomic E-state index is 12.6. The third-order valence-electron chi connectivity index (χ3n) is 3.89. The van der Waals surface area contributed by atoms with E-state index in [-0.39, 0.29) is 5.78 Å². The van der Waals surface area contributed by atoms with Gasteiger partial charge in [0.05, 0.1) is 11.0 Å². The van der Waals surface area contributed by atoms with Crippen LogP contribution in [0.15, 0.2) is 63.8 Å². The molecule has 0 saturated heterocycles. The predicted octanol–water partition coefficient (Wildman–Crippen LogP) is 2.91. The molecule has 0 saturated carbocycles. The van der Waals surface area contributed by atoms with Gasteiger partial charge in [-0.25, -0.2) is 9.78 Å². The monoisotopic (exact) mass is 304 g/mol. The molecule has 2 aromatic carbocycles. The Bertz CT molecular complexity index is 1120. The lowest BCUT2D eigenvalue weighted by Crippen LogP contribution is -2.08. The van der Waals surface area contributed by atoms with Crippen LogP contribution < -0.4 is 5.76 Å². The molecule has 0 aliphatic heterocycles. The van der Waals surface area contributed by atoms with Crippen LogP contribution in [0.2, 0.25) is 0 Å². The fourth-order valence-electron chi connectivity index (χ4n) is 2.62. The first-order valence-electron chi connectivity index (χ1n) is 7.13. The van der Waals surface area contributed by atoms with E-state index in [2.05, 4.69) is 4.98 Å². The van der Waals surface area contributed by atoms with Crippen LogP contribution in [0.3, 0.4) is 0 Å². The molecule has 23 heavy (non-hydrogen) atoms. The number of ketones is 1. The van der Waals surface area contributed by atoms with Gasteiger partial charge in [-0.3, -0.25) is 9.36 Å². The molecule has 2 aromatic heterocycles. The molecule has 2 heterocycles. The number of para-hydroxylation sites is 1. The Labute approximate surface area is 130 Å². The lowest BCUT2D eigenvalue weighted by molar-refractivity contribution is 0.103. The number of aromatic nitrogens is 2. The summed E-state index contributed by atoms with van der Waals surface area (Å²) in [5.74, 6) is -0.655. The Kier molecular flexibility index (Phi) is 2.87. The van der Waals surface area contributed by atoms with Gasteiger partial charge >= 0.3 is 5.76 Å². The van der Waals surface area contributed by atoms with E-state index in [0.29, 0.717) is 22.4 Å². The topological polar surface area (TPSA) is 65.1 Å². The number of oxazole rings is 1. The van der Waals surface area contributed by atoms with Crippen molar-refractivity contribution in [2.75, 3.05) is 0 Å². The van der Waals surface area contributed by atoms with Crippen molar-refractivity contribution in [3.63, 3.8) is 0 Å². The summed E-state index contributed by atoms with van der Waals surface area (Å²) in [7, 11) is 1.63. The smallest absolute Gasteiger partial charge is 0.408 e. The highest BCUT2D eigenvalue weighted by molar-refractivity contribution is 6.09. The number of carbonyl (C=O) groups is 1. The summed E-state index contributed by atoms with van der Waals surface area (Å²) in [6.07, 6.45) is 0. The quantitative estimate of drug-likeness (QED) is 0.534. The standard InChI is InChI=1S/C18H12N2O3/c1-20-15-9-7-12(10-16(15)23-18(20)22)17(21)14-8-6-11-4-2-3-5-13(11)19-14/h2-10H,1H3. The molecule has 0 fully saturated rings. The number of pyridine rings is 1. The van der Waals surface area contributed by atoms with Crippen molar-refractivity contribution in [2.45, 2.75) is 0 Å². The van der Waals surface area contributed by atoms with Gasteiger partial charge in [0.15, 0.2) is 5.58 Å². The highest BCUT2D eigenvalue weighted by atomic mass is 16.4. The van der Waals surface area contributed by atoms with Gasteiger partial charge in [0.25, 0.3) is 0 Å². The lowest BCUT2D eigenvalue weighted by Gasteiger charge is -2.03. The van der Waals surface area contributed by atoms with Gasteiger partial charge < -0.3 is 4.42 Å². The van der Waals surface area contributed by atoms with Crippen LogP contribution in [0.1, 0.15) is 16.1 Å². The van der Waals surface area contributed by atoms with Gasteiger partial charge in [-0.05, 0) is 30.3 Å². The summed E-state index contributed by atoms with van der Waals surface area (Å²) in [6, 6.07) is 16.2. The van der Waals surface area contributed by atoms with Crippen LogP contribution in [-0.2, 0) is 7.05 Å². The van der Waals surface area contributed by atoms with Crippen LogP contribution in [0, 0.1) is 0 Å². The zero-order valence-electron chi connectivity index (χ0n) is 12.3. The molecule has 0 aliphatic rings. The molecule has 4 rings (SSSR count). The normalized spacial score (nSPS) is 11.2. The molecule has 0 N–H and O–H groups in total. The third kappa shape index (κ3) is 2.14. The van der Waals surface area contributed by atoms with E-state index in [0.717, 1.165) is 10.9 Å². The largest absolute Gasteiger partial charge is 0.419 e. The zero-order chi connectivity index (χ0) is 16.0. The van der Waals surface area contributed by atoms with Gasteiger partial charge in [-0.1, -0.05) is 24.3 Å². The van der Waals surface area contributed by atoms with Crippen molar-refractivity contribution in [3.05, 3.63) is 76.4 Å². The van der Waals surface area contributed by atoms with Crippen molar-refractivity contribution in [3.8, 4) is 0 Å². The van der Waals surface area contributed by atoms with Crippen LogP contribution >= 0.6 is 0 Å². The summed E-state index contributed by atoms with van der Waals surface area (Å²) in [5, 5.41) is 0.980. The lowest BCUT2D eigenvalue weighted by atomic mass is 10.1.